The summed E-state index contributed by atoms with van der Waals surface area (Å²) in [6.45, 7) is 5.67. The Labute approximate surface area is 80.1 Å². The van der Waals surface area contributed by atoms with Crippen molar-refractivity contribution < 1.29 is 9.94 Å². The molecule has 0 fully saturated rings. The average molecular weight is 185 g/mol. The van der Waals surface area contributed by atoms with Crippen molar-refractivity contribution in [3.05, 3.63) is 12.2 Å². The van der Waals surface area contributed by atoms with E-state index in [4.69, 9.17) is 9.94 Å². The molecule has 0 atom stereocenters. The maximum Gasteiger partial charge on any atom is 0.0792 e. The molecule has 1 N–H and O–H groups in total. The van der Waals surface area contributed by atoms with Gasteiger partial charge in [-0.2, -0.15) is 0 Å². The second-order valence-electron chi connectivity index (χ2n) is 2.67. The molecule has 0 aromatic carbocycles. The number of allylic oxidation sites excluding steroid dienone is 2. The number of oxime groups is 1. The van der Waals surface area contributed by atoms with E-state index in [-0.39, 0.29) is 0 Å². The predicted octanol–water partition coefficient (Wildman–Crippen LogP) is 2.60. The predicted molar refractivity (Wildman–Crippen MR) is 54.4 cm³/mol. The van der Waals surface area contributed by atoms with Crippen LogP contribution in [-0.4, -0.2) is 24.1 Å². The number of nitrogens with zero attached hydrogens (tertiary/aromatic N) is 1. The minimum absolute atomic E-state index is 0.802. The molecule has 0 aliphatic heterocycles. The van der Waals surface area contributed by atoms with Crippen molar-refractivity contribution in [2.45, 2.75) is 33.1 Å². The van der Waals surface area contributed by atoms with Crippen LogP contribution in [-0.2, 0) is 4.74 Å². The summed E-state index contributed by atoms with van der Waals surface area (Å²) >= 11 is 0. The lowest BCUT2D eigenvalue weighted by Crippen LogP contribution is -1.97. The van der Waals surface area contributed by atoms with Crippen LogP contribution in [0.1, 0.15) is 33.1 Å². The summed E-state index contributed by atoms with van der Waals surface area (Å²) in [4.78, 5) is 0. The van der Waals surface area contributed by atoms with Crippen LogP contribution in [0.5, 0.6) is 0 Å². The molecule has 0 saturated carbocycles. The zero-order valence-electron chi connectivity index (χ0n) is 8.49. The van der Waals surface area contributed by atoms with E-state index >= 15 is 0 Å². The van der Waals surface area contributed by atoms with Crippen molar-refractivity contribution in [1.29, 1.82) is 0 Å². The van der Waals surface area contributed by atoms with Crippen molar-refractivity contribution in [2.75, 3.05) is 13.2 Å². The molecule has 0 heterocycles. The van der Waals surface area contributed by atoms with Gasteiger partial charge in [-0.15, -0.1) is 0 Å². The molecule has 1 aliphatic rings. The van der Waals surface area contributed by atoms with Crippen LogP contribution in [0, 0.1) is 0 Å². The summed E-state index contributed by atoms with van der Waals surface area (Å²) in [5.74, 6) is 0. The van der Waals surface area contributed by atoms with Crippen molar-refractivity contribution in [3.8, 4) is 0 Å². The van der Waals surface area contributed by atoms with E-state index in [9.17, 15) is 0 Å². The fraction of sp³-hybridized carbons (Fsp3) is 0.700. The van der Waals surface area contributed by atoms with Gasteiger partial charge in [-0.1, -0.05) is 11.2 Å². The average Bonchev–Trinajstić information content (AvgIpc) is 2.21. The van der Waals surface area contributed by atoms with Crippen LogP contribution in [0.2, 0.25) is 0 Å². The van der Waals surface area contributed by atoms with Gasteiger partial charge in [0.25, 0.3) is 0 Å². The molecule has 3 nitrogen and oxygen atoms in total. The Balaban J connectivity index is 0.000000252. The fourth-order valence-electron chi connectivity index (χ4n) is 0.991. The lowest BCUT2D eigenvalue weighted by molar-refractivity contribution is 0.162. The smallest absolute Gasteiger partial charge is 0.0792 e. The Morgan fingerprint density at radius 3 is 2.38 bits per heavy atom. The summed E-state index contributed by atoms with van der Waals surface area (Å²) in [6.07, 6.45) is 7.06. The largest absolute Gasteiger partial charge is 0.411 e. The molecule has 0 bridgehead atoms. The molecule has 0 amide bonds. The number of rotatable bonds is 2. The second kappa shape index (κ2) is 9.26. The molecule has 0 spiro atoms. The third kappa shape index (κ3) is 7.53. The van der Waals surface area contributed by atoms with E-state index in [2.05, 4.69) is 5.16 Å². The van der Waals surface area contributed by atoms with Gasteiger partial charge < -0.3 is 9.94 Å². The van der Waals surface area contributed by atoms with E-state index in [0.717, 1.165) is 38.2 Å². The standard InChI is InChI=1S/C6H9NO.C4H10O/c8-7-6-4-2-1-3-5-6;1-3-5-4-2/h2,4,8H,1,3,5H2;3-4H2,1-2H3/b7-6+;. The lowest BCUT2D eigenvalue weighted by atomic mass is 10.1. The second-order valence-corrected chi connectivity index (χ2v) is 2.67. The quantitative estimate of drug-likeness (QED) is 0.530. The number of hydrogen-bond acceptors (Lipinski definition) is 3. The molecule has 0 aromatic heterocycles. The first-order chi connectivity index (χ1) is 6.35. The molecular weight excluding hydrogens is 166 g/mol. The van der Waals surface area contributed by atoms with E-state index in [1.54, 1.807) is 0 Å². The van der Waals surface area contributed by atoms with Crippen molar-refractivity contribution in [3.63, 3.8) is 0 Å². The molecule has 1 rings (SSSR count). The van der Waals surface area contributed by atoms with Gasteiger partial charge in [0.15, 0.2) is 0 Å². The highest BCUT2D eigenvalue weighted by Gasteiger charge is 1.98. The van der Waals surface area contributed by atoms with E-state index < -0.39 is 0 Å². The monoisotopic (exact) mass is 185 g/mol. The van der Waals surface area contributed by atoms with Gasteiger partial charge in [-0.25, -0.2) is 0 Å². The zero-order valence-corrected chi connectivity index (χ0v) is 8.49. The van der Waals surface area contributed by atoms with Gasteiger partial charge in [-0.3, -0.25) is 0 Å². The normalized spacial score (nSPS) is 18.2. The molecule has 0 unspecified atom stereocenters. The highest BCUT2D eigenvalue weighted by atomic mass is 16.5. The van der Waals surface area contributed by atoms with Gasteiger partial charge in [0.2, 0.25) is 0 Å². The lowest BCUT2D eigenvalue weighted by Gasteiger charge is -2.01. The van der Waals surface area contributed by atoms with E-state index in [1.807, 2.05) is 26.0 Å². The molecule has 0 radical (unpaired) electrons. The topological polar surface area (TPSA) is 41.8 Å². The van der Waals surface area contributed by atoms with Gasteiger partial charge in [0.1, 0.15) is 0 Å². The third-order valence-electron chi connectivity index (χ3n) is 1.65. The van der Waals surface area contributed by atoms with E-state index in [1.165, 1.54) is 0 Å². The Morgan fingerprint density at radius 2 is 2.15 bits per heavy atom. The Bertz CT molecular complexity index is 162. The van der Waals surface area contributed by atoms with Crippen LogP contribution in [0.25, 0.3) is 0 Å². The molecule has 0 aromatic rings. The van der Waals surface area contributed by atoms with Crippen molar-refractivity contribution >= 4 is 5.71 Å². The van der Waals surface area contributed by atoms with Crippen LogP contribution < -0.4 is 0 Å². The van der Waals surface area contributed by atoms with Gasteiger partial charge in [-0.05, 0) is 39.2 Å². The Hall–Kier alpha value is -0.830. The molecule has 0 saturated heterocycles. The maximum atomic E-state index is 8.23. The van der Waals surface area contributed by atoms with Crippen LogP contribution in [0.4, 0.5) is 0 Å². The summed E-state index contributed by atoms with van der Waals surface area (Å²) in [6, 6.07) is 0. The number of hydrogen-bond donors (Lipinski definition) is 1. The van der Waals surface area contributed by atoms with Crippen LogP contribution >= 0.6 is 0 Å². The minimum atomic E-state index is 0.802. The summed E-state index contributed by atoms with van der Waals surface area (Å²) in [5.41, 5.74) is 0.802. The van der Waals surface area contributed by atoms with Crippen LogP contribution in [0.15, 0.2) is 17.3 Å². The van der Waals surface area contributed by atoms with Gasteiger partial charge in [0.05, 0.1) is 5.71 Å². The van der Waals surface area contributed by atoms with E-state index in [0.29, 0.717) is 0 Å². The first-order valence-electron chi connectivity index (χ1n) is 4.80. The van der Waals surface area contributed by atoms with Crippen molar-refractivity contribution in [2.24, 2.45) is 5.16 Å². The Morgan fingerprint density at radius 1 is 1.46 bits per heavy atom. The molecular formula is C10H19NO2. The first kappa shape index (κ1) is 12.2. The highest BCUT2D eigenvalue weighted by Crippen LogP contribution is 2.06. The zero-order chi connectivity index (χ0) is 9.94. The van der Waals surface area contributed by atoms with Crippen molar-refractivity contribution in [1.82, 2.24) is 0 Å². The number of ether oxygens (including phenoxy) is 1. The van der Waals surface area contributed by atoms with Gasteiger partial charge >= 0.3 is 0 Å². The summed E-state index contributed by atoms with van der Waals surface area (Å²) in [7, 11) is 0. The first-order valence-corrected chi connectivity index (χ1v) is 4.80. The van der Waals surface area contributed by atoms with Gasteiger partial charge in [0, 0.05) is 13.2 Å². The molecule has 1 aliphatic carbocycles. The molecule has 13 heavy (non-hydrogen) atoms. The Kier molecular flexibility index (Phi) is 8.67. The molecule has 3 heteroatoms. The van der Waals surface area contributed by atoms with Crippen LogP contribution in [0.3, 0.4) is 0 Å². The fourth-order valence-corrected chi connectivity index (χ4v) is 0.991. The maximum absolute atomic E-state index is 8.23. The highest BCUT2D eigenvalue weighted by molar-refractivity contribution is 5.94. The minimum Gasteiger partial charge on any atom is -0.411 e. The SMILES string of the molecule is CCOCC.O/N=C1\C=CCCC1. The summed E-state index contributed by atoms with van der Waals surface area (Å²) in [5, 5.41) is 11.3. The third-order valence-corrected chi connectivity index (χ3v) is 1.65. The molecule has 76 valence electrons. The summed E-state index contributed by atoms with van der Waals surface area (Å²) < 4.78 is 4.83.